The molecule has 3 heterocycles. The van der Waals surface area contributed by atoms with Crippen molar-refractivity contribution >= 4 is 27.6 Å². The van der Waals surface area contributed by atoms with E-state index in [1.165, 1.54) is 6.07 Å². The van der Waals surface area contributed by atoms with Gasteiger partial charge in [-0.05, 0) is 63.3 Å². The van der Waals surface area contributed by atoms with Crippen molar-refractivity contribution in [3.8, 4) is 0 Å². The Kier molecular flexibility index (Phi) is 6.11. The maximum Gasteiger partial charge on any atom is 0.281 e. The summed E-state index contributed by atoms with van der Waals surface area (Å²) in [6, 6.07) is 8.33. The third-order valence-electron chi connectivity index (χ3n) is 6.29. The minimum absolute atomic E-state index is 0.177. The summed E-state index contributed by atoms with van der Waals surface area (Å²) in [6.45, 7) is 7.13. The van der Waals surface area contributed by atoms with Crippen LogP contribution in [0.1, 0.15) is 63.2 Å². The van der Waals surface area contributed by atoms with E-state index >= 15 is 0 Å². The van der Waals surface area contributed by atoms with E-state index in [0.717, 1.165) is 38.6 Å². The Balaban J connectivity index is 1.56. The van der Waals surface area contributed by atoms with Gasteiger partial charge >= 0.3 is 0 Å². The summed E-state index contributed by atoms with van der Waals surface area (Å²) in [6.07, 6.45) is 7.00. The molecule has 1 amide bonds. The summed E-state index contributed by atoms with van der Waals surface area (Å²) in [5.41, 5.74) is 0.0576. The van der Waals surface area contributed by atoms with E-state index in [4.69, 9.17) is 0 Å². The smallest absolute Gasteiger partial charge is 0.281 e. The number of nitrogens with zero attached hydrogens (tertiary/aromatic N) is 3. The van der Waals surface area contributed by atoms with Crippen LogP contribution in [0.4, 0.5) is 11.6 Å². The van der Waals surface area contributed by atoms with Crippen LogP contribution in [-0.4, -0.2) is 42.4 Å². The fraction of sp³-hybridized carbons (Fsp3) is 0.522. The molecule has 1 aliphatic carbocycles. The highest BCUT2D eigenvalue weighted by molar-refractivity contribution is 7.90. The summed E-state index contributed by atoms with van der Waals surface area (Å²) in [5, 5.41) is 3.11. The van der Waals surface area contributed by atoms with Gasteiger partial charge in [-0.15, -0.1) is 0 Å². The summed E-state index contributed by atoms with van der Waals surface area (Å²) < 4.78 is 28.1. The molecule has 32 heavy (non-hydrogen) atoms. The Morgan fingerprint density at radius 1 is 1.16 bits per heavy atom. The van der Waals surface area contributed by atoms with Crippen LogP contribution in [0, 0.1) is 5.92 Å². The third kappa shape index (κ3) is 4.72. The summed E-state index contributed by atoms with van der Waals surface area (Å²) >= 11 is 0. The molecule has 0 aromatic carbocycles. The Labute approximate surface area is 189 Å². The van der Waals surface area contributed by atoms with E-state index in [0.29, 0.717) is 23.6 Å². The van der Waals surface area contributed by atoms with Crippen molar-refractivity contribution in [1.82, 2.24) is 14.7 Å². The van der Waals surface area contributed by atoms with Gasteiger partial charge in [-0.2, -0.15) is 8.42 Å². The molecule has 172 valence electrons. The van der Waals surface area contributed by atoms with Gasteiger partial charge in [0, 0.05) is 24.3 Å². The maximum atomic E-state index is 13.1. The molecule has 2 aromatic rings. The van der Waals surface area contributed by atoms with E-state index in [-0.39, 0.29) is 16.1 Å². The first-order chi connectivity index (χ1) is 15.2. The van der Waals surface area contributed by atoms with Crippen LogP contribution in [0.15, 0.2) is 41.6 Å². The van der Waals surface area contributed by atoms with Gasteiger partial charge in [0.2, 0.25) is 0 Å². The number of carbonyl (C=O) groups excluding carboxylic acids is 1. The number of hydrogen-bond acceptors (Lipinski definition) is 7. The third-order valence-corrected chi connectivity index (χ3v) is 7.53. The zero-order valence-electron chi connectivity index (χ0n) is 18.8. The van der Waals surface area contributed by atoms with Crippen molar-refractivity contribution in [2.24, 2.45) is 5.92 Å². The molecule has 1 saturated heterocycles. The molecule has 2 fully saturated rings. The Hall–Kier alpha value is -2.68. The average molecular weight is 458 g/mol. The number of anilines is 2. The minimum Gasteiger partial charge on any atom is -0.367 e. The van der Waals surface area contributed by atoms with E-state index in [1.807, 2.05) is 0 Å². The van der Waals surface area contributed by atoms with Gasteiger partial charge in [0.25, 0.3) is 15.9 Å². The van der Waals surface area contributed by atoms with Crippen molar-refractivity contribution in [3.63, 3.8) is 0 Å². The fourth-order valence-corrected chi connectivity index (χ4v) is 5.84. The zero-order chi connectivity index (χ0) is 22.9. The number of aromatic nitrogens is 2. The van der Waals surface area contributed by atoms with Crippen LogP contribution in [0.5, 0.6) is 0 Å². The first kappa shape index (κ1) is 22.5. The van der Waals surface area contributed by atoms with Crippen LogP contribution in [-0.2, 0) is 10.0 Å². The van der Waals surface area contributed by atoms with E-state index in [1.54, 1.807) is 30.5 Å². The molecule has 8 nitrogen and oxygen atoms in total. The summed E-state index contributed by atoms with van der Waals surface area (Å²) in [7, 11) is -4.14. The Morgan fingerprint density at radius 3 is 2.59 bits per heavy atom. The van der Waals surface area contributed by atoms with Crippen molar-refractivity contribution in [3.05, 3.63) is 42.1 Å². The van der Waals surface area contributed by atoms with Crippen molar-refractivity contribution in [1.29, 1.82) is 0 Å². The molecule has 2 aromatic heterocycles. The van der Waals surface area contributed by atoms with E-state index in [2.05, 4.69) is 45.7 Å². The highest BCUT2D eigenvalue weighted by atomic mass is 32.2. The standard InChI is InChI=1S/C23H31N5O3S/c1-16-14-23(2,3)28(15-16)21-18(10-7-13-24-21)22(29)27-32(30,31)20-12-6-11-19(26-20)25-17-8-4-5-9-17/h6-7,10-13,16-17H,4-5,8-9,14-15H2,1-3H3,(H,25,26)(H,27,29). The topological polar surface area (TPSA) is 104 Å². The SMILES string of the molecule is CC1CN(c2ncccc2C(=O)NS(=O)(=O)c2cccc(NC3CCCC3)n2)C(C)(C)C1. The highest BCUT2D eigenvalue weighted by Gasteiger charge is 2.39. The summed E-state index contributed by atoms with van der Waals surface area (Å²) in [4.78, 5) is 23.8. The number of sulfonamides is 1. The van der Waals surface area contributed by atoms with Crippen molar-refractivity contribution in [2.75, 3.05) is 16.8 Å². The predicted octanol–water partition coefficient (Wildman–Crippen LogP) is 3.57. The average Bonchev–Trinajstić information content (AvgIpc) is 3.34. The highest BCUT2D eigenvalue weighted by Crippen LogP contribution is 2.37. The van der Waals surface area contributed by atoms with Gasteiger partial charge in [0.05, 0.1) is 5.56 Å². The van der Waals surface area contributed by atoms with Gasteiger partial charge in [-0.3, -0.25) is 4.79 Å². The molecule has 4 rings (SSSR count). The molecule has 1 aliphatic heterocycles. The van der Waals surface area contributed by atoms with Crippen LogP contribution < -0.4 is 14.9 Å². The first-order valence-corrected chi connectivity index (χ1v) is 12.7. The second-order valence-corrected chi connectivity index (χ2v) is 11.2. The Bertz CT molecular complexity index is 1100. The van der Waals surface area contributed by atoms with E-state index in [9.17, 15) is 13.2 Å². The molecule has 1 unspecified atom stereocenters. The van der Waals surface area contributed by atoms with Crippen LogP contribution in [0.2, 0.25) is 0 Å². The number of amides is 1. The number of pyridine rings is 2. The van der Waals surface area contributed by atoms with Gasteiger partial charge in [0.1, 0.15) is 11.6 Å². The molecule has 1 atom stereocenters. The lowest BCUT2D eigenvalue weighted by Crippen LogP contribution is -2.41. The number of nitrogens with one attached hydrogen (secondary N) is 2. The fourth-order valence-electron chi connectivity index (χ4n) is 4.90. The first-order valence-electron chi connectivity index (χ1n) is 11.2. The predicted molar refractivity (Wildman–Crippen MR) is 124 cm³/mol. The number of hydrogen-bond donors (Lipinski definition) is 2. The van der Waals surface area contributed by atoms with Gasteiger partial charge in [-0.25, -0.2) is 14.7 Å². The van der Waals surface area contributed by atoms with E-state index < -0.39 is 15.9 Å². The van der Waals surface area contributed by atoms with Gasteiger partial charge in [0.15, 0.2) is 5.03 Å². The molecule has 1 saturated carbocycles. The van der Waals surface area contributed by atoms with Crippen LogP contribution in [0.25, 0.3) is 0 Å². The van der Waals surface area contributed by atoms with Gasteiger partial charge in [-0.1, -0.05) is 25.8 Å². The molecule has 0 radical (unpaired) electrons. The molecule has 9 heteroatoms. The molecule has 2 aliphatic rings. The van der Waals surface area contributed by atoms with Gasteiger partial charge < -0.3 is 10.2 Å². The number of carbonyl (C=O) groups is 1. The van der Waals surface area contributed by atoms with Crippen molar-refractivity contribution < 1.29 is 13.2 Å². The summed E-state index contributed by atoms with van der Waals surface area (Å²) in [5.74, 6) is 0.742. The lowest BCUT2D eigenvalue weighted by molar-refractivity contribution is 0.0981. The van der Waals surface area contributed by atoms with Crippen LogP contribution >= 0.6 is 0 Å². The van der Waals surface area contributed by atoms with Crippen LogP contribution in [0.3, 0.4) is 0 Å². The number of rotatable bonds is 6. The lowest BCUT2D eigenvalue weighted by Gasteiger charge is -2.33. The lowest BCUT2D eigenvalue weighted by atomic mass is 9.97. The monoisotopic (exact) mass is 457 g/mol. The molecule has 0 bridgehead atoms. The Morgan fingerprint density at radius 2 is 1.91 bits per heavy atom. The largest absolute Gasteiger partial charge is 0.367 e. The van der Waals surface area contributed by atoms with Crippen molar-refractivity contribution in [2.45, 2.75) is 69.5 Å². The second kappa shape index (κ2) is 8.69. The minimum atomic E-state index is -4.14. The molecular weight excluding hydrogens is 426 g/mol. The normalized spacial score (nSPS) is 21.0. The molecular formula is C23H31N5O3S. The maximum absolute atomic E-state index is 13.1. The molecule has 2 N–H and O–H groups in total. The quantitative estimate of drug-likeness (QED) is 0.683. The zero-order valence-corrected chi connectivity index (χ0v) is 19.7. The molecule has 0 spiro atoms. The second-order valence-electron chi connectivity index (χ2n) is 9.53.